The van der Waals surface area contributed by atoms with Crippen molar-refractivity contribution in [3.8, 4) is 11.8 Å². The van der Waals surface area contributed by atoms with E-state index >= 15 is 0 Å². The predicted octanol–water partition coefficient (Wildman–Crippen LogP) is 2.79. The van der Waals surface area contributed by atoms with E-state index in [0.29, 0.717) is 19.1 Å². The number of hydrogen-bond acceptors (Lipinski definition) is 7. The first-order chi connectivity index (χ1) is 17.6. The Balaban J connectivity index is 1.27. The van der Waals surface area contributed by atoms with Crippen molar-refractivity contribution in [2.75, 3.05) is 40.9 Å². The Morgan fingerprint density at radius 2 is 1.58 bits per heavy atom. The molecule has 1 aliphatic rings. The number of likely N-dealkylation sites (tertiary alicyclic amines) is 1. The number of amides is 1. The molecule has 3 aromatic rings. The van der Waals surface area contributed by atoms with Crippen LogP contribution >= 0.6 is 0 Å². The standard InChI is InChI=1S/C28H35N5O3/c1-33-18-25(26(19-33)27(34)30-13-12-20-6-10-24(35-2)11-7-20)23-8-4-21(5-9-23)14-29-15-22-16-31-28(36-3)32-17-22/h4-11,16-17,25-26,29H,12-15,18-19H2,1-3H3,(H,30,34). The van der Waals surface area contributed by atoms with Gasteiger partial charge >= 0.3 is 6.01 Å². The van der Waals surface area contributed by atoms with Crippen LogP contribution in [0.25, 0.3) is 0 Å². The number of methoxy groups -OCH3 is 2. The molecule has 1 fully saturated rings. The number of rotatable bonds is 11. The summed E-state index contributed by atoms with van der Waals surface area (Å²) in [6, 6.07) is 17.0. The summed E-state index contributed by atoms with van der Waals surface area (Å²) in [6.45, 7) is 3.70. The van der Waals surface area contributed by atoms with Gasteiger partial charge in [0.1, 0.15) is 5.75 Å². The van der Waals surface area contributed by atoms with Gasteiger partial charge in [0.15, 0.2) is 0 Å². The molecule has 0 spiro atoms. The molecule has 0 radical (unpaired) electrons. The third-order valence-electron chi connectivity index (χ3n) is 6.64. The van der Waals surface area contributed by atoms with Gasteiger partial charge in [-0.15, -0.1) is 0 Å². The molecule has 190 valence electrons. The maximum Gasteiger partial charge on any atom is 0.316 e. The second kappa shape index (κ2) is 12.5. The highest BCUT2D eigenvalue weighted by atomic mass is 16.5. The van der Waals surface area contributed by atoms with E-state index in [-0.39, 0.29) is 17.7 Å². The minimum Gasteiger partial charge on any atom is -0.497 e. The van der Waals surface area contributed by atoms with Crippen LogP contribution in [0.2, 0.25) is 0 Å². The second-order valence-electron chi connectivity index (χ2n) is 9.25. The summed E-state index contributed by atoms with van der Waals surface area (Å²) in [5, 5.41) is 6.58. The largest absolute Gasteiger partial charge is 0.497 e. The van der Waals surface area contributed by atoms with Crippen molar-refractivity contribution >= 4 is 5.91 Å². The number of hydrogen-bond donors (Lipinski definition) is 2. The number of ether oxygens (including phenoxy) is 2. The van der Waals surface area contributed by atoms with E-state index in [1.165, 1.54) is 16.7 Å². The molecule has 0 bridgehead atoms. The van der Waals surface area contributed by atoms with Crippen molar-refractivity contribution < 1.29 is 14.3 Å². The minimum absolute atomic E-state index is 0.0510. The van der Waals surface area contributed by atoms with Crippen molar-refractivity contribution in [1.29, 1.82) is 0 Å². The van der Waals surface area contributed by atoms with Crippen LogP contribution in [0.1, 0.15) is 28.2 Å². The summed E-state index contributed by atoms with van der Waals surface area (Å²) < 4.78 is 10.2. The zero-order valence-corrected chi connectivity index (χ0v) is 21.2. The molecule has 1 aromatic heterocycles. The number of nitrogens with one attached hydrogen (secondary N) is 2. The molecule has 2 aromatic carbocycles. The van der Waals surface area contributed by atoms with Gasteiger partial charge in [-0.3, -0.25) is 4.79 Å². The molecule has 8 nitrogen and oxygen atoms in total. The van der Waals surface area contributed by atoms with E-state index < -0.39 is 0 Å². The van der Waals surface area contributed by atoms with E-state index in [2.05, 4.69) is 56.8 Å². The fourth-order valence-electron chi connectivity index (χ4n) is 4.63. The Bertz CT molecular complexity index is 1100. The Morgan fingerprint density at radius 1 is 0.917 bits per heavy atom. The van der Waals surface area contributed by atoms with Crippen LogP contribution in [0, 0.1) is 5.92 Å². The molecular formula is C28H35N5O3. The van der Waals surface area contributed by atoms with Crippen LogP contribution in [-0.4, -0.2) is 61.7 Å². The monoisotopic (exact) mass is 489 g/mol. The van der Waals surface area contributed by atoms with Gasteiger partial charge in [-0.05, 0) is 42.3 Å². The van der Waals surface area contributed by atoms with Crippen molar-refractivity contribution in [3.05, 3.63) is 83.2 Å². The van der Waals surface area contributed by atoms with Crippen LogP contribution in [0.4, 0.5) is 0 Å². The molecule has 4 rings (SSSR count). The Hall–Kier alpha value is -3.49. The SMILES string of the molecule is COc1ccc(CCNC(=O)C2CN(C)CC2c2ccc(CNCc3cnc(OC)nc3)cc2)cc1. The number of carbonyl (C=O) groups is 1. The summed E-state index contributed by atoms with van der Waals surface area (Å²) in [6.07, 6.45) is 4.33. The third kappa shape index (κ3) is 6.80. The predicted molar refractivity (Wildman–Crippen MR) is 139 cm³/mol. The molecule has 8 heteroatoms. The average molecular weight is 490 g/mol. The van der Waals surface area contributed by atoms with Gasteiger partial charge in [0.2, 0.25) is 5.91 Å². The maximum atomic E-state index is 13.1. The van der Waals surface area contributed by atoms with E-state index in [0.717, 1.165) is 37.4 Å². The van der Waals surface area contributed by atoms with E-state index in [1.807, 2.05) is 24.3 Å². The molecule has 0 aliphatic carbocycles. The van der Waals surface area contributed by atoms with Crippen LogP contribution in [-0.2, 0) is 24.3 Å². The molecule has 36 heavy (non-hydrogen) atoms. The fourth-order valence-corrected chi connectivity index (χ4v) is 4.63. The van der Waals surface area contributed by atoms with Crippen molar-refractivity contribution in [1.82, 2.24) is 25.5 Å². The van der Waals surface area contributed by atoms with Gasteiger partial charge in [0.25, 0.3) is 0 Å². The molecule has 1 saturated heterocycles. The lowest BCUT2D eigenvalue weighted by molar-refractivity contribution is -0.124. The summed E-state index contributed by atoms with van der Waals surface area (Å²) in [5.74, 6) is 1.11. The number of nitrogens with zero attached hydrogens (tertiary/aromatic N) is 3. The highest BCUT2D eigenvalue weighted by Gasteiger charge is 2.36. The summed E-state index contributed by atoms with van der Waals surface area (Å²) in [4.78, 5) is 23.6. The van der Waals surface area contributed by atoms with Gasteiger partial charge < -0.3 is 25.0 Å². The first-order valence-corrected chi connectivity index (χ1v) is 12.3. The quantitative estimate of drug-likeness (QED) is 0.428. The number of carbonyl (C=O) groups excluding carboxylic acids is 1. The highest BCUT2D eigenvalue weighted by Crippen LogP contribution is 2.32. The average Bonchev–Trinajstić information content (AvgIpc) is 3.31. The fraction of sp³-hybridized carbons (Fsp3) is 0.393. The smallest absolute Gasteiger partial charge is 0.316 e. The molecule has 1 aliphatic heterocycles. The van der Waals surface area contributed by atoms with Gasteiger partial charge in [0, 0.05) is 56.6 Å². The molecule has 2 N–H and O–H groups in total. The van der Waals surface area contributed by atoms with Crippen molar-refractivity contribution in [3.63, 3.8) is 0 Å². The Labute approximate surface area is 213 Å². The molecule has 2 heterocycles. The van der Waals surface area contributed by atoms with Crippen LogP contribution in [0.3, 0.4) is 0 Å². The van der Waals surface area contributed by atoms with Gasteiger partial charge in [-0.1, -0.05) is 36.4 Å². The number of aromatic nitrogens is 2. The van der Waals surface area contributed by atoms with Crippen molar-refractivity contribution in [2.45, 2.75) is 25.4 Å². The lowest BCUT2D eigenvalue weighted by Gasteiger charge is -2.19. The highest BCUT2D eigenvalue weighted by molar-refractivity contribution is 5.80. The van der Waals surface area contributed by atoms with Crippen molar-refractivity contribution in [2.24, 2.45) is 5.92 Å². The molecule has 2 unspecified atom stereocenters. The number of likely N-dealkylation sites (N-methyl/N-ethyl adjacent to an activating group) is 1. The van der Waals surface area contributed by atoms with E-state index in [1.54, 1.807) is 26.6 Å². The molecular weight excluding hydrogens is 454 g/mol. The van der Waals surface area contributed by atoms with E-state index in [9.17, 15) is 4.79 Å². The van der Waals surface area contributed by atoms with Gasteiger partial charge in [-0.25, -0.2) is 9.97 Å². The maximum absolute atomic E-state index is 13.1. The summed E-state index contributed by atoms with van der Waals surface area (Å²) >= 11 is 0. The molecule has 2 atom stereocenters. The summed E-state index contributed by atoms with van der Waals surface area (Å²) in [7, 11) is 5.30. The van der Waals surface area contributed by atoms with Gasteiger partial charge in [-0.2, -0.15) is 0 Å². The lowest BCUT2D eigenvalue weighted by Crippen LogP contribution is -2.35. The lowest BCUT2D eigenvalue weighted by atomic mass is 9.88. The van der Waals surface area contributed by atoms with Gasteiger partial charge in [0.05, 0.1) is 20.1 Å². The zero-order chi connectivity index (χ0) is 25.3. The third-order valence-corrected chi connectivity index (χ3v) is 6.64. The van der Waals surface area contributed by atoms with E-state index in [4.69, 9.17) is 9.47 Å². The zero-order valence-electron chi connectivity index (χ0n) is 21.2. The van der Waals surface area contributed by atoms with Crippen LogP contribution in [0.15, 0.2) is 60.9 Å². The topological polar surface area (TPSA) is 88.6 Å². The molecule has 0 saturated carbocycles. The Morgan fingerprint density at radius 3 is 2.25 bits per heavy atom. The van der Waals surface area contributed by atoms with Crippen LogP contribution < -0.4 is 20.1 Å². The first kappa shape index (κ1) is 25.6. The molecule has 1 amide bonds. The normalized spacial score (nSPS) is 17.6. The first-order valence-electron chi connectivity index (χ1n) is 12.3. The second-order valence-corrected chi connectivity index (χ2v) is 9.25. The summed E-state index contributed by atoms with van der Waals surface area (Å²) in [5.41, 5.74) is 4.59. The van der Waals surface area contributed by atoms with Crippen LogP contribution in [0.5, 0.6) is 11.8 Å². The Kier molecular flexibility index (Phi) is 8.86. The minimum atomic E-state index is -0.0510. The number of benzene rings is 2.